The van der Waals surface area contributed by atoms with Gasteiger partial charge < -0.3 is 9.64 Å². The van der Waals surface area contributed by atoms with E-state index >= 15 is 0 Å². The van der Waals surface area contributed by atoms with E-state index in [1.807, 2.05) is 0 Å². The van der Waals surface area contributed by atoms with E-state index in [0.717, 1.165) is 17.6 Å². The van der Waals surface area contributed by atoms with E-state index in [1.54, 1.807) is 19.0 Å². The molecule has 1 amide bonds. The second kappa shape index (κ2) is 7.57. The maximum atomic E-state index is 12.6. The molecule has 0 heterocycles. The van der Waals surface area contributed by atoms with Gasteiger partial charge in [0.2, 0.25) is 0 Å². The lowest BCUT2D eigenvalue weighted by atomic mass is 9.81. The van der Waals surface area contributed by atoms with Gasteiger partial charge in [-0.05, 0) is 6.42 Å². The Bertz CT molecular complexity index is 544. The Hall–Kier alpha value is -1.91. The molecular formula is C18H28N2O3. The fourth-order valence-corrected chi connectivity index (χ4v) is 2.95. The fraction of sp³-hybridized carbons (Fsp3) is 0.611. The molecule has 23 heavy (non-hydrogen) atoms. The van der Waals surface area contributed by atoms with Crippen molar-refractivity contribution >= 4 is 18.2 Å². The number of ether oxygens (including phenoxy) is 1. The highest BCUT2D eigenvalue weighted by atomic mass is 16.5. The number of methoxy groups -OCH3 is 1. The summed E-state index contributed by atoms with van der Waals surface area (Å²) in [7, 11) is 4.91. The molecule has 1 unspecified atom stereocenters. The zero-order valence-corrected chi connectivity index (χ0v) is 15.0. The van der Waals surface area contributed by atoms with E-state index in [2.05, 4.69) is 38.4 Å². The molecule has 1 rings (SSSR count). The van der Waals surface area contributed by atoms with Gasteiger partial charge in [-0.25, -0.2) is 4.99 Å². The van der Waals surface area contributed by atoms with Crippen LogP contribution in [0.1, 0.15) is 33.6 Å². The number of carbonyl (C=O) groups excluding carboxylic acids is 2. The quantitative estimate of drug-likeness (QED) is 0.327. The van der Waals surface area contributed by atoms with Crippen LogP contribution in [-0.2, 0) is 14.3 Å². The third-order valence-electron chi connectivity index (χ3n) is 4.30. The van der Waals surface area contributed by atoms with Crippen LogP contribution in [0.5, 0.6) is 0 Å². The molecule has 0 aliphatic heterocycles. The second-order valence-electron chi connectivity index (χ2n) is 6.73. The summed E-state index contributed by atoms with van der Waals surface area (Å²) in [6.07, 6.45) is 4.38. The van der Waals surface area contributed by atoms with Crippen molar-refractivity contribution in [2.24, 2.45) is 22.2 Å². The summed E-state index contributed by atoms with van der Waals surface area (Å²) >= 11 is 0. The molecule has 0 spiro atoms. The Morgan fingerprint density at radius 1 is 1.48 bits per heavy atom. The van der Waals surface area contributed by atoms with Gasteiger partial charge in [0.05, 0.1) is 25.8 Å². The minimum atomic E-state index is -0.595. The maximum absolute atomic E-state index is 12.6. The van der Waals surface area contributed by atoms with Gasteiger partial charge >= 0.3 is 5.97 Å². The molecule has 0 radical (unpaired) electrons. The number of esters is 1. The zero-order valence-electron chi connectivity index (χ0n) is 15.0. The summed E-state index contributed by atoms with van der Waals surface area (Å²) in [4.78, 5) is 30.0. The number of hydrogen-bond acceptors (Lipinski definition) is 3. The molecule has 0 aromatic carbocycles. The van der Waals surface area contributed by atoms with Gasteiger partial charge in [-0.15, -0.1) is 0 Å². The van der Waals surface area contributed by atoms with Crippen LogP contribution in [-0.4, -0.2) is 44.3 Å². The molecule has 5 nitrogen and oxygen atoms in total. The van der Waals surface area contributed by atoms with E-state index in [0.29, 0.717) is 0 Å². The molecule has 0 saturated heterocycles. The molecule has 0 aromatic rings. The van der Waals surface area contributed by atoms with Crippen LogP contribution in [0.15, 0.2) is 28.8 Å². The number of amides is 1. The minimum absolute atomic E-state index is 0.00575. The van der Waals surface area contributed by atoms with Gasteiger partial charge in [0.25, 0.3) is 5.91 Å². The summed E-state index contributed by atoms with van der Waals surface area (Å²) in [6, 6.07) is 0. The largest absolute Gasteiger partial charge is 0.469 e. The first-order chi connectivity index (χ1) is 10.6. The van der Waals surface area contributed by atoms with Gasteiger partial charge in [-0.2, -0.15) is 0 Å². The van der Waals surface area contributed by atoms with Gasteiger partial charge in [0.1, 0.15) is 0 Å². The number of aliphatic imine (C=N–C) groups is 1. The molecule has 0 bridgehead atoms. The maximum Gasteiger partial charge on any atom is 0.306 e. The van der Waals surface area contributed by atoms with Crippen molar-refractivity contribution in [2.75, 3.05) is 21.2 Å². The number of nitrogens with zero attached hydrogens (tertiary/aromatic N) is 2. The highest BCUT2D eigenvalue weighted by Gasteiger charge is 2.40. The predicted molar refractivity (Wildman–Crippen MR) is 92.1 cm³/mol. The first-order valence-electron chi connectivity index (χ1n) is 7.87. The van der Waals surface area contributed by atoms with Crippen LogP contribution in [0.2, 0.25) is 0 Å². The Morgan fingerprint density at radius 2 is 2.09 bits per heavy atom. The normalized spacial score (nSPS) is 21.2. The molecule has 0 aromatic heterocycles. The smallest absolute Gasteiger partial charge is 0.306 e. The molecule has 5 heteroatoms. The van der Waals surface area contributed by atoms with E-state index in [9.17, 15) is 9.59 Å². The highest BCUT2D eigenvalue weighted by Crippen LogP contribution is 2.48. The van der Waals surface area contributed by atoms with Gasteiger partial charge in [-0.3, -0.25) is 9.59 Å². The van der Waals surface area contributed by atoms with Crippen LogP contribution < -0.4 is 0 Å². The van der Waals surface area contributed by atoms with Crippen molar-refractivity contribution < 1.29 is 14.3 Å². The predicted octanol–water partition coefficient (Wildman–Crippen LogP) is 2.83. The lowest BCUT2D eigenvalue weighted by molar-refractivity contribution is -0.143. The molecule has 2 atom stereocenters. The van der Waals surface area contributed by atoms with E-state index in [1.165, 1.54) is 13.4 Å². The van der Waals surface area contributed by atoms with Crippen LogP contribution in [0.4, 0.5) is 0 Å². The first-order valence-corrected chi connectivity index (χ1v) is 7.87. The van der Waals surface area contributed by atoms with Gasteiger partial charge in [-0.1, -0.05) is 44.6 Å². The topological polar surface area (TPSA) is 59.0 Å². The van der Waals surface area contributed by atoms with Crippen molar-refractivity contribution in [1.82, 2.24) is 4.90 Å². The molecule has 0 N–H and O–H groups in total. The van der Waals surface area contributed by atoms with Crippen molar-refractivity contribution in [1.29, 1.82) is 0 Å². The minimum Gasteiger partial charge on any atom is -0.469 e. The van der Waals surface area contributed by atoms with Crippen molar-refractivity contribution in [3.8, 4) is 0 Å². The number of carbonyl (C=O) groups is 2. The number of hydrogen-bond donors (Lipinski definition) is 0. The van der Waals surface area contributed by atoms with Crippen molar-refractivity contribution in [2.45, 2.75) is 33.6 Å². The second-order valence-corrected chi connectivity index (χ2v) is 6.73. The Labute approximate surface area is 139 Å². The fourth-order valence-electron chi connectivity index (χ4n) is 2.95. The Morgan fingerprint density at radius 3 is 2.57 bits per heavy atom. The first kappa shape index (κ1) is 19.1. The highest BCUT2D eigenvalue weighted by molar-refractivity contribution is 5.91. The average molecular weight is 320 g/mol. The summed E-state index contributed by atoms with van der Waals surface area (Å²) in [5, 5.41) is 0. The molecule has 1 aliphatic rings. The zero-order chi connectivity index (χ0) is 17.8. The number of rotatable bonds is 6. The van der Waals surface area contributed by atoms with E-state index < -0.39 is 11.9 Å². The van der Waals surface area contributed by atoms with Crippen LogP contribution >= 0.6 is 0 Å². The average Bonchev–Trinajstić information content (AvgIpc) is 2.71. The standard InChI is InChI=1S/C18H28N2O3/c1-8-13-12(2)18(3,4)10-15(13)14(9-16(21)23-7)17(22)19-11-20(5)6/h10-11,13-14H,2,8-9H2,1,3-7H3/t13?,14-/m0/s1. The molecule has 128 valence electrons. The van der Waals surface area contributed by atoms with E-state index in [4.69, 9.17) is 4.74 Å². The molecule has 1 aliphatic carbocycles. The van der Waals surface area contributed by atoms with Crippen LogP contribution in [0, 0.1) is 17.3 Å². The van der Waals surface area contributed by atoms with Crippen molar-refractivity contribution in [3.05, 3.63) is 23.8 Å². The Kier molecular flexibility index (Phi) is 6.30. The third-order valence-corrected chi connectivity index (χ3v) is 4.30. The summed E-state index contributed by atoms with van der Waals surface area (Å²) in [6.45, 7) is 10.4. The lowest BCUT2D eigenvalue weighted by Gasteiger charge is -2.23. The summed E-state index contributed by atoms with van der Waals surface area (Å²) in [5.41, 5.74) is 1.83. The summed E-state index contributed by atoms with van der Waals surface area (Å²) < 4.78 is 4.76. The van der Waals surface area contributed by atoms with Crippen LogP contribution in [0.3, 0.4) is 0 Å². The summed E-state index contributed by atoms with van der Waals surface area (Å²) in [5.74, 6) is -1.23. The van der Waals surface area contributed by atoms with Gasteiger partial charge in [0.15, 0.2) is 0 Å². The monoisotopic (exact) mass is 320 g/mol. The SMILES string of the molecule is C=C1C(CC)C([C@H](CC(=O)OC)C(=O)N=CN(C)C)=CC1(C)C. The van der Waals surface area contributed by atoms with Gasteiger partial charge in [0, 0.05) is 25.4 Å². The number of allylic oxidation sites excluding steroid dienone is 2. The molecular weight excluding hydrogens is 292 g/mol. The van der Waals surface area contributed by atoms with Crippen molar-refractivity contribution in [3.63, 3.8) is 0 Å². The van der Waals surface area contributed by atoms with E-state index in [-0.39, 0.29) is 23.7 Å². The molecule has 0 saturated carbocycles. The third kappa shape index (κ3) is 4.53. The lowest BCUT2D eigenvalue weighted by Crippen LogP contribution is -2.24. The Balaban J connectivity index is 3.20. The van der Waals surface area contributed by atoms with Crippen LogP contribution in [0.25, 0.3) is 0 Å². The molecule has 0 fully saturated rings.